The van der Waals surface area contributed by atoms with E-state index in [0.29, 0.717) is 12.0 Å². The van der Waals surface area contributed by atoms with Crippen LogP contribution in [0.2, 0.25) is 0 Å². The van der Waals surface area contributed by atoms with Gasteiger partial charge >= 0.3 is 0 Å². The number of aryl methyl sites for hydroxylation is 1. The maximum absolute atomic E-state index is 12.8. The number of hydrogen-bond donors (Lipinski definition) is 2. The van der Waals surface area contributed by atoms with Crippen molar-refractivity contribution in [3.63, 3.8) is 0 Å². The predicted octanol–water partition coefficient (Wildman–Crippen LogP) is 2.56. The molecule has 8 heteroatoms. The highest BCUT2D eigenvalue weighted by Crippen LogP contribution is 2.31. The van der Waals surface area contributed by atoms with Crippen LogP contribution in [0.4, 0.5) is 0 Å². The van der Waals surface area contributed by atoms with E-state index in [1.54, 1.807) is 6.92 Å². The van der Waals surface area contributed by atoms with Crippen LogP contribution in [-0.2, 0) is 14.6 Å². The molecule has 0 saturated carbocycles. The summed E-state index contributed by atoms with van der Waals surface area (Å²) in [5, 5.41) is 8.22. The average molecular weight is 429 g/mol. The molecular weight excluding hydrogens is 404 g/mol. The van der Waals surface area contributed by atoms with E-state index in [-0.39, 0.29) is 35.6 Å². The molecule has 2 amide bonds. The van der Waals surface area contributed by atoms with Gasteiger partial charge < -0.3 is 15.1 Å². The first-order chi connectivity index (χ1) is 14.2. The third-order valence-corrected chi connectivity index (χ3v) is 7.50. The lowest BCUT2D eigenvalue weighted by Gasteiger charge is -2.15. The van der Waals surface area contributed by atoms with E-state index < -0.39 is 21.8 Å². The number of amides is 2. The van der Waals surface area contributed by atoms with E-state index in [0.717, 1.165) is 21.7 Å². The van der Waals surface area contributed by atoms with Crippen LogP contribution in [0.1, 0.15) is 29.5 Å². The monoisotopic (exact) mass is 428 g/mol. The van der Waals surface area contributed by atoms with Crippen LogP contribution < -0.4 is 10.6 Å². The Hall–Kier alpha value is -2.87. The molecule has 0 spiro atoms. The second kappa shape index (κ2) is 7.75. The number of sulfone groups is 1. The van der Waals surface area contributed by atoms with Gasteiger partial charge in [-0.25, -0.2) is 8.42 Å². The molecule has 1 aromatic heterocycles. The van der Waals surface area contributed by atoms with E-state index in [1.165, 1.54) is 0 Å². The largest absolute Gasteiger partial charge is 0.450 e. The van der Waals surface area contributed by atoms with E-state index in [2.05, 4.69) is 10.6 Å². The molecule has 0 radical (unpaired) electrons. The van der Waals surface area contributed by atoms with Crippen LogP contribution in [0.5, 0.6) is 0 Å². The summed E-state index contributed by atoms with van der Waals surface area (Å²) in [7, 11) is -2.99. The number of carbonyl (C=O) groups is 2. The van der Waals surface area contributed by atoms with Crippen molar-refractivity contribution in [2.45, 2.75) is 26.3 Å². The first-order valence-corrected chi connectivity index (χ1v) is 11.8. The zero-order valence-corrected chi connectivity index (χ0v) is 17.7. The van der Waals surface area contributed by atoms with Gasteiger partial charge in [-0.3, -0.25) is 9.59 Å². The normalized spacial score (nSPS) is 19.1. The van der Waals surface area contributed by atoms with Crippen molar-refractivity contribution in [3.05, 3.63) is 47.7 Å². The van der Waals surface area contributed by atoms with Crippen LogP contribution in [0.15, 0.2) is 40.8 Å². The highest BCUT2D eigenvalue weighted by Gasteiger charge is 2.29. The van der Waals surface area contributed by atoms with E-state index in [1.807, 2.05) is 43.3 Å². The molecule has 1 fully saturated rings. The van der Waals surface area contributed by atoms with Gasteiger partial charge in [0.2, 0.25) is 5.91 Å². The van der Waals surface area contributed by atoms with Crippen LogP contribution in [0, 0.1) is 12.8 Å². The minimum absolute atomic E-state index is 0.0762. The highest BCUT2D eigenvalue weighted by atomic mass is 32.2. The summed E-state index contributed by atoms with van der Waals surface area (Å²) in [6.45, 7) is 3.70. The van der Waals surface area contributed by atoms with E-state index in [9.17, 15) is 18.0 Å². The van der Waals surface area contributed by atoms with Crippen molar-refractivity contribution in [1.29, 1.82) is 0 Å². The van der Waals surface area contributed by atoms with Gasteiger partial charge in [-0.2, -0.15) is 0 Å². The Bertz CT molecular complexity index is 1250. The van der Waals surface area contributed by atoms with Crippen molar-refractivity contribution in [2.24, 2.45) is 5.92 Å². The number of rotatable bonds is 5. The van der Waals surface area contributed by atoms with Gasteiger partial charge in [0, 0.05) is 22.9 Å². The molecule has 158 valence electrons. The summed E-state index contributed by atoms with van der Waals surface area (Å²) in [4.78, 5) is 25.1. The summed E-state index contributed by atoms with van der Waals surface area (Å²) < 4.78 is 29.0. The predicted molar refractivity (Wildman–Crippen MR) is 115 cm³/mol. The van der Waals surface area contributed by atoms with Crippen molar-refractivity contribution < 1.29 is 22.4 Å². The van der Waals surface area contributed by atoms with Crippen molar-refractivity contribution >= 4 is 43.4 Å². The summed E-state index contributed by atoms with van der Waals surface area (Å²) >= 11 is 0. The number of fused-ring (bicyclic) bond motifs is 3. The SMILES string of the molecule is Cc1c(C(=O)NC(C)C(=O)NCC2CCS(=O)(=O)C2)oc2c1ccc1ccccc12. The van der Waals surface area contributed by atoms with Crippen molar-refractivity contribution in [1.82, 2.24) is 10.6 Å². The fraction of sp³-hybridized carbons (Fsp3) is 0.364. The topological polar surface area (TPSA) is 105 Å². The molecule has 7 nitrogen and oxygen atoms in total. The summed E-state index contributed by atoms with van der Waals surface area (Å²) in [5.74, 6) is -0.443. The summed E-state index contributed by atoms with van der Waals surface area (Å²) in [5.41, 5.74) is 1.37. The van der Waals surface area contributed by atoms with Crippen LogP contribution in [0.3, 0.4) is 0 Å². The molecule has 1 aliphatic heterocycles. The Balaban J connectivity index is 1.45. The van der Waals surface area contributed by atoms with E-state index >= 15 is 0 Å². The maximum atomic E-state index is 12.8. The molecule has 2 atom stereocenters. The molecule has 0 aliphatic carbocycles. The molecule has 0 bridgehead atoms. The quantitative estimate of drug-likeness (QED) is 0.650. The highest BCUT2D eigenvalue weighted by molar-refractivity contribution is 7.91. The van der Waals surface area contributed by atoms with Gasteiger partial charge in [0.25, 0.3) is 5.91 Å². The summed E-state index contributed by atoms with van der Waals surface area (Å²) in [6.07, 6.45) is 0.551. The third-order valence-electron chi connectivity index (χ3n) is 5.67. The molecule has 30 heavy (non-hydrogen) atoms. The second-order valence-corrected chi connectivity index (χ2v) is 10.2. The molecule has 2 aromatic carbocycles. The number of carbonyl (C=O) groups excluding carboxylic acids is 2. The van der Waals surface area contributed by atoms with Gasteiger partial charge in [-0.15, -0.1) is 0 Å². The lowest BCUT2D eigenvalue weighted by Crippen LogP contribution is -2.46. The first-order valence-electron chi connectivity index (χ1n) is 9.95. The molecular formula is C22H24N2O5S. The van der Waals surface area contributed by atoms with Gasteiger partial charge in [-0.1, -0.05) is 36.4 Å². The maximum Gasteiger partial charge on any atom is 0.287 e. The Kier molecular flexibility index (Phi) is 5.27. The molecule has 1 aliphatic rings. The Morgan fingerprint density at radius 2 is 1.93 bits per heavy atom. The number of hydrogen-bond acceptors (Lipinski definition) is 5. The Morgan fingerprint density at radius 1 is 1.17 bits per heavy atom. The van der Waals surface area contributed by atoms with Crippen molar-refractivity contribution in [3.8, 4) is 0 Å². The van der Waals surface area contributed by atoms with Crippen LogP contribution in [-0.4, -0.2) is 44.3 Å². The first kappa shape index (κ1) is 20.4. The number of furan rings is 1. The number of nitrogens with one attached hydrogen (secondary N) is 2. The Morgan fingerprint density at radius 3 is 2.67 bits per heavy atom. The van der Waals surface area contributed by atoms with Gasteiger partial charge in [-0.05, 0) is 31.6 Å². The van der Waals surface area contributed by atoms with Gasteiger partial charge in [0.05, 0.1) is 11.5 Å². The fourth-order valence-electron chi connectivity index (χ4n) is 3.92. The molecule has 1 saturated heterocycles. The second-order valence-electron chi connectivity index (χ2n) is 7.93. The molecule has 2 unspecified atom stereocenters. The fourth-order valence-corrected chi connectivity index (χ4v) is 5.79. The standard InChI is InChI=1S/C22H24N2O5S/c1-13-17-8-7-16-5-3-4-6-18(16)20(17)29-19(13)22(26)24-14(2)21(25)23-11-15-9-10-30(27,28)12-15/h3-8,14-15H,9-12H2,1-2H3,(H,23,25)(H,24,26). The Labute approximate surface area is 174 Å². The summed E-state index contributed by atoms with van der Waals surface area (Å²) in [6, 6.07) is 10.9. The zero-order chi connectivity index (χ0) is 21.5. The zero-order valence-electron chi connectivity index (χ0n) is 16.9. The minimum atomic E-state index is -2.99. The van der Waals surface area contributed by atoms with Crippen LogP contribution in [0.25, 0.3) is 21.7 Å². The lowest BCUT2D eigenvalue weighted by molar-refractivity contribution is -0.122. The van der Waals surface area contributed by atoms with Gasteiger partial charge in [0.1, 0.15) is 11.6 Å². The molecule has 2 N–H and O–H groups in total. The lowest BCUT2D eigenvalue weighted by atomic mass is 10.1. The molecule has 4 rings (SSSR count). The van der Waals surface area contributed by atoms with Crippen LogP contribution >= 0.6 is 0 Å². The average Bonchev–Trinajstić information content (AvgIpc) is 3.25. The van der Waals surface area contributed by atoms with Gasteiger partial charge in [0.15, 0.2) is 15.6 Å². The smallest absolute Gasteiger partial charge is 0.287 e. The molecule has 3 aromatic rings. The van der Waals surface area contributed by atoms with Crippen molar-refractivity contribution in [2.75, 3.05) is 18.1 Å². The van der Waals surface area contributed by atoms with E-state index in [4.69, 9.17) is 4.42 Å². The third kappa shape index (κ3) is 3.92. The minimum Gasteiger partial charge on any atom is -0.450 e. The molecule has 2 heterocycles. The number of benzene rings is 2.